The van der Waals surface area contributed by atoms with Crippen molar-refractivity contribution in [1.29, 1.82) is 0 Å². The number of aliphatic hydroxyl groups excluding tert-OH is 1. The first-order valence-corrected chi connectivity index (χ1v) is 11.1. The van der Waals surface area contributed by atoms with Gasteiger partial charge in [0.05, 0.1) is 29.3 Å². The normalized spacial score (nSPS) is 12.2. The van der Waals surface area contributed by atoms with E-state index in [0.29, 0.717) is 28.3 Å². The minimum Gasteiger partial charge on any atom is -0.392 e. The van der Waals surface area contributed by atoms with Gasteiger partial charge in [0.25, 0.3) is 5.56 Å². The van der Waals surface area contributed by atoms with E-state index in [1.165, 1.54) is 16.7 Å². The molecule has 9 heteroatoms. The number of rotatable bonds is 7. The van der Waals surface area contributed by atoms with Crippen LogP contribution in [0.2, 0.25) is 0 Å². The van der Waals surface area contributed by atoms with Crippen molar-refractivity contribution >= 4 is 50.2 Å². The van der Waals surface area contributed by atoms with Crippen molar-refractivity contribution in [2.75, 3.05) is 17.2 Å². The van der Waals surface area contributed by atoms with Crippen LogP contribution in [0.1, 0.15) is 13.8 Å². The van der Waals surface area contributed by atoms with Gasteiger partial charge in [-0.2, -0.15) is 0 Å². The Morgan fingerprint density at radius 1 is 1.30 bits per heavy atom. The van der Waals surface area contributed by atoms with Gasteiger partial charge in [-0.05, 0) is 56.3 Å². The second kappa shape index (κ2) is 9.72. The highest BCUT2D eigenvalue weighted by Gasteiger charge is 2.18. The topological polar surface area (TPSA) is 75.4 Å². The number of anilines is 1. The SMILES string of the molecule is CCN(C(=O)CSc1nc2ccc(Br)cc2c(=O)n1C[C@@H](C)O)c1ccc(F)cc1. The van der Waals surface area contributed by atoms with Gasteiger partial charge < -0.3 is 10.0 Å². The third kappa shape index (κ3) is 5.08. The maximum absolute atomic E-state index is 13.2. The molecule has 0 fully saturated rings. The maximum Gasteiger partial charge on any atom is 0.262 e. The number of nitrogens with zero attached hydrogens (tertiary/aromatic N) is 3. The fourth-order valence-electron chi connectivity index (χ4n) is 3.04. The van der Waals surface area contributed by atoms with E-state index >= 15 is 0 Å². The standard InChI is InChI=1S/C21H21BrFN3O3S/c1-3-25(16-7-5-15(23)6-8-16)19(28)12-30-21-24-18-9-4-14(22)10-17(18)20(29)26(21)11-13(2)27/h4-10,13,27H,3,11-12H2,1-2H3/t13-/m1/s1. The number of hydrogen-bond acceptors (Lipinski definition) is 5. The molecule has 3 aromatic rings. The van der Waals surface area contributed by atoms with Crippen LogP contribution in [-0.4, -0.2) is 39.0 Å². The predicted octanol–water partition coefficient (Wildman–Crippen LogP) is 3.82. The lowest BCUT2D eigenvalue weighted by molar-refractivity contribution is -0.116. The van der Waals surface area contributed by atoms with Crippen molar-refractivity contribution in [1.82, 2.24) is 9.55 Å². The molecule has 0 unspecified atom stereocenters. The van der Waals surface area contributed by atoms with E-state index in [1.807, 2.05) is 6.92 Å². The highest BCUT2D eigenvalue weighted by molar-refractivity contribution is 9.10. The molecule has 158 valence electrons. The number of amides is 1. The number of carbonyl (C=O) groups excluding carboxylic acids is 1. The van der Waals surface area contributed by atoms with Crippen molar-refractivity contribution in [3.8, 4) is 0 Å². The molecule has 1 N–H and O–H groups in total. The Morgan fingerprint density at radius 3 is 2.63 bits per heavy atom. The quantitative estimate of drug-likeness (QED) is 0.399. The van der Waals surface area contributed by atoms with Gasteiger partial charge in [0, 0.05) is 16.7 Å². The lowest BCUT2D eigenvalue weighted by Gasteiger charge is -2.21. The molecule has 0 bridgehead atoms. The van der Waals surface area contributed by atoms with Gasteiger partial charge in [-0.25, -0.2) is 9.37 Å². The second-order valence-electron chi connectivity index (χ2n) is 6.72. The van der Waals surface area contributed by atoms with Crippen LogP contribution in [0.5, 0.6) is 0 Å². The molecule has 1 heterocycles. The molecular formula is C21H21BrFN3O3S. The lowest BCUT2D eigenvalue weighted by Crippen LogP contribution is -2.33. The summed E-state index contributed by atoms with van der Waals surface area (Å²) < 4.78 is 15.3. The largest absolute Gasteiger partial charge is 0.392 e. The highest BCUT2D eigenvalue weighted by Crippen LogP contribution is 2.22. The summed E-state index contributed by atoms with van der Waals surface area (Å²) in [6, 6.07) is 10.9. The molecule has 6 nitrogen and oxygen atoms in total. The van der Waals surface area contributed by atoms with Crippen LogP contribution in [0.25, 0.3) is 10.9 Å². The molecule has 2 aromatic carbocycles. The molecule has 1 amide bonds. The van der Waals surface area contributed by atoms with Crippen LogP contribution in [0, 0.1) is 5.82 Å². The molecule has 3 rings (SSSR count). The van der Waals surface area contributed by atoms with E-state index in [-0.39, 0.29) is 29.6 Å². The molecule has 0 saturated heterocycles. The number of halogens is 2. The van der Waals surface area contributed by atoms with Crippen molar-refractivity contribution in [2.45, 2.75) is 31.7 Å². The molecule has 0 radical (unpaired) electrons. The highest BCUT2D eigenvalue weighted by atomic mass is 79.9. The number of hydrogen-bond donors (Lipinski definition) is 1. The zero-order chi connectivity index (χ0) is 21.8. The van der Waals surface area contributed by atoms with Gasteiger partial charge in [-0.3, -0.25) is 14.2 Å². The maximum atomic E-state index is 13.2. The first-order chi connectivity index (χ1) is 14.3. The molecule has 0 aliphatic carbocycles. The van der Waals surface area contributed by atoms with Gasteiger partial charge in [-0.1, -0.05) is 27.7 Å². The zero-order valence-electron chi connectivity index (χ0n) is 16.5. The zero-order valence-corrected chi connectivity index (χ0v) is 18.9. The Balaban J connectivity index is 1.90. The molecule has 0 aliphatic rings. The van der Waals surface area contributed by atoms with Crippen LogP contribution in [0.15, 0.2) is 56.9 Å². The Morgan fingerprint density at radius 2 is 2.00 bits per heavy atom. The first-order valence-electron chi connectivity index (χ1n) is 9.37. The van der Waals surface area contributed by atoms with Crippen LogP contribution in [0.3, 0.4) is 0 Å². The van der Waals surface area contributed by atoms with E-state index in [2.05, 4.69) is 20.9 Å². The van der Waals surface area contributed by atoms with Crippen molar-refractivity contribution < 1.29 is 14.3 Å². The molecule has 1 atom stereocenters. The Kier molecular flexibility index (Phi) is 7.27. The first kappa shape index (κ1) is 22.5. The summed E-state index contributed by atoms with van der Waals surface area (Å²) in [6.45, 7) is 3.91. The summed E-state index contributed by atoms with van der Waals surface area (Å²) in [4.78, 5) is 31.9. The average Bonchev–Trinajstić information content (AvgIpc) is 2.71. The van der Waals surface area contributed by atoms with E-state index in [1.54, 1.807) is 42.2 Å². The second-order valence-corrected chi connectivity index (χ2v) is 8.58. The number of thioether (sulfide) groups is 1. The number of fused-ring (bicyclic) bond motifs is 1. The van der Waals surface area contributed by atoms with E-state index in [9.17, 15) is 19.1 Å². The van der Waals surface area contributed by atoms with E-state index < -0.39 is 6.10 Å². The third-order valence-corrected chi connectivity index (χ3v) is 5.86. The number of aromatic nitrogens is 2. The minimum atomic E-state index is -0.754. The predicted molar refractivity (Wildman–Crippen MR) is 121 cm³/mol. The van der Waals surface area contributed by atoms with Crippen molar-refractivity contribution in [3.05, 3.63) is 63.1 Å². The average molecular weight is 494 g/mol. The molecule has 1 aromatic heterocycles. The molecule has 0 saturated carbocycles. The van der Waals surface area contributed by atoms with Gasteiger partial charge >= 0.3 is 0 Å². The van der Waals surface area contributed by atoms with Gasteiger partial charge in [0.15, 0.2) is 5.16 Å². The van der Waals surface area contributed by atoms with Crippen LogP contribution >= 0.6 is 27.7 Å². The van der Waals surface area contributed by atoms with Crippen LogP contribution < -0.4 is 10.5 Å². The van der Waals surface area contributed by atoms with Crippen LogP contribution in [-0.2, 0) is 11.3 Å². The van der Waals surface area contributed by atoms with Crippen molar-refractivity contribution in [2.24, 2.45) is 0 Å². The number of aliphatic hydroxyl groups is 1. The number of carbonyl (C=O) groups is 1. The number of benzene rings is 2. The summed E-state index contributed by atoms with van der Waals surface area (Å²) >= 11 is 4.49. The summed E-state index contributed by atoms with van der Waals surface area (Å²) in [6.07, 6.45) is -0.754. The summed E-state index contributed by atoms with van der Waals surface area (Å²) in [5.41, 5.74) is 0.844. The van der Waals surface area contributed by atoms with E-state index in [0.717, 1.165) is 16.2 Å². The molecule has 30 heavy (non-hydrogen) atoms. The van der Waals surface area contributed by atoms with E-state index in [4.69, 9.17) is 0 Å². The fraction of sp³-hybridized carbons (Fsp3) is 0.286. The Hall–Kier alpha value is -2.23. The van der Waals surface area contributed by atoms with Crippen LogP contribution in [0.4, 0.5) is 10.1 Å². The fourth-order valence-corrected chi connectivity index (χ4v) is 4.28. The monoisotopic (exact) mass is 493 g/mol. The summed E-state index contributed by atoms with van der Waals surface area (Å²) in [5, 5.41) is 10.6. The van der Waals surface area contributed by atoms with Crippen molar-refractivity contribution in [3.63, 3.8) is 0 Å². The lowest BCUT2D eigenvalue weighted by atomic mass is 10.2. The summed E-state index contributed by atoms with van der Waals surface area (Å²) in [7, 11) is 0. The van der Waals surface area contributed by atoms with Gasteiger partial charge in [0.2, 0.25) is 5.91 Å². The minimum absolute atomic E-state index is 0.0412. The molecule has 0 aliphatic heterocycles. The molecular weight excluding hydrogens is 473 g/mol. The smallest absolute Gasteiger partial charge is 0.262 e. The Labute approximate surface area is 185 Å². The third-order valence-electron chi connectivity index (χ3n) is 4.41. The summed E-state index contributed by atoms with van der Waals surface area (Å²) in [5.74, 6) is -0.520. The Bertz CT molecular complexity index is 1120. The van der Waals surface area contributed by atoms with Gasteiger partial charge in [0.1, 0.15) is 5.82 Å². The van der Waals surface area contributed by atoms with Gasteiger partial charge in [-0.15, -0.1) is 0 Å². The molecule has 0 spiro atoms.